The summed E-state index contributed by atoms with van der Waals surface area (Å²) in [5.74, 6) is 5.22. The van der Waals surface area contributed by atoms with Crippen LogP contribution in [0.2, 0.25) is 0 Å². The fraction of sp³-hybridized carbons (Fsp3) is 0.444. The average Bonchev–Trinajstić information content (AvgIpc) is 2.16. The van der Waals surface area contributed by atoms with Gasteiger partial charge in [0.05, 0.1) is 13.7 Å². The van der Waals surface area contributed by atoms with E-state index in [1.54, 1.807) is 6.08 Å². The fourth-order valence-electron chi connectivity index (χ4n) is 0.449. The molecule has 0 aromatic heterocycles. The normalized spacial score (nSPS) is 8.08. The van der Waals surface area contributed by atoms with Crippen LogP contribution in [0.5, 0.6) is 0 Å². The molecule has 0 aliphatic heterocycles. The van der Waals surface area contributed by atoms with E-state index in [-0.39, 0.29) is 6.61 Å². The van der Waals surface area contributed by atoms with Gasteiger partial charge in [0.15, 0.2) is 6.61 Å². The lowest BCUT2D eigenvalue weighted by molar-refractivity contribution is 0.0832. The van der Waals surface area contributed by atoms with Gasteiger partial charge in [-0.05, 0) is 0 Å². The van der Waals surface area contributed by atoms with E-state index in [4.69, 9.17) is 4.74 Å². The highest BCUT2D eigenvalue weighted by Crippen LogP contribution is 1.79. The van der Waals surface area contributed by atoms with E-state index in [0.29, 0.717) is 13.2 Å². The van der Waals surface area contributed by atoms with Crippen LogP contribution >= 0.6 is 0 Å². The van der Waals surface area contributed by atoms with Crippen LogP contribution in [0.15, 0.2) is 12.7 Å². The van der Waals surface area contributed by atoms with E-state index in [2.05, 4.69) is 27.9 Å². The zero-order valence-electron chi connectivity index (χ0n) is 7.54. The summed E-state index contributed by atoms with van der Waals surface area (Å²) in [4.78, 5) is 10.4. The molecular formula is C9H12O4. The molecule has 0 atom stereocenters. The van der Waals surface area contributed by atoms with Crippen LogP contribution in [-0.4, -0.2) is 33.1 Å². The first-order valence-electron chi connectivity index (χ1n) is 3.66. The summed E-state index contributed by atoms with van der Waals surface area (Å²) in [6.07, 6.45) is 0.897. The minimum atomic E-state index is -0.735. The molecule has 0 aliphatic carbocycles. The average molecular weight is 184 g/mol. The molecule has 0 saturated heterocycles. The number of carbonyl (C=O) groups excluding carboxylic acids is 1. The molecule has 0 rings (SSSR count). The Morgan fingerprint density at radius 1 is 1.46 bits per heavy atom. The van der Waals surface area contributed by atoms with Gasteiger partial charge >= 0.3 is 6.16 Å². The highest BCUT2D eigenvalue weighted by atomic mass is 16.7. The minimum absolute atomic E-state index is 0.0180. The minimum Gasteiger partial charge on any atom is -0.438 e. The third-order valence-corrected chi connectivity index (χ3v) is 0.964. The van der Waals surface area contributed by atoms with E-state index in [1.807, 2.05) is 0 Å². The maximum absolute atomic E-state index is 10.4. The molecule has 0 N–H and O–H groups in total. The molecule has 0 aromatic carbocycles. The third kappa shape index (κ3) is 8.44. The van der Waals surface area contributed by atoms with Crippen LogP contribution in [0.3, 0.4) is 0 Å². The molecule has 0 radical (unpaired) electrons. The molecule has 0 spiro atoms. The Bertz CT molecular complexity index is 211. The summed E-state index contributed by atoms with van der Waals surface area (Å²) in [5, 5.41) is 0. The molecule has 4 heteroatoms. The number of hydrogen-bond donors (Lipinski definition) is 0. The van der Waals surface area contributed by atoms with Crippen molar-refractivity contribution in [2.75, 3.05) is 26.9 Å². The lowest BCUT2D eigenvalue weighted by Crippen LogP contribution is -2.04. The molecule has 13 heavy (non-hydrogen) atoms. The summed E-state index contributed by atoms with van der Waals surface area (Å²) >= 11 is 0. The largest absolute Gasteiger partial charge is 0.508 e. The zero-order chi connectivity index (χ0) is 9.94. The van der Waals surface area contributed by atoms with Crippen LogP contribution in [0.25, 0.3) is 0 Å². The van der Waals surface area contributed by atoms with Crippen molar-refractivity contribution in [3.05, 3.63) is 12.7 Å². The van der Waals surface area contributed by atoms with Crippen molar-refractivity contribution >= 4 is 6.16 Å². The Kier molecular flexibility index (Phi) is 7.65. The summed E-state index contributed by atoms with van der Waals surface area (Å²) < 4.78 is 13.7. The van der Waals surface area contributed by atoms with Crippen molar-refractivity contribution < 1.29 is 19.0 Å². The number of methoxy groups -OCH3 is 1. The summed E-state index contributed by atoms with van der Waals surface area (Å²) in [6.45, 7) is 4.25. The maximum atomic E-state index is 10.4. The number of ether oxygens (including phenoxy) is 3. The number of hydrogen-bond acceptors (Lipinski definition) is 4. The molecule has 0 aromatic rings. The first kappa shape index (κ1) is 11.5. The monoisotopic (exact) mass is 184 g/mol. The second kappa shape index (κ2) is 8.62. The molecular weight excluding hydrogens is 172 g/mol. The van der Waals surface area contributed by atoms with Crippen LogP contribution in [0, 0.1) is 11.8 Å². The maximum Gasteiger partial charge on any atom is 0.508 e. The highest BCUT2D eigenvalue weighted by Gasteiger charge is 1.94. The van der Waals surface area contributed by atoms with Gasteiger partial charge in [0.25, 0.3) is 0 Å². The van der Waals surface area contributed by atoms with E-state index in [0.717, 1.165) is 0 Å². The zero-order valence-corrected chi connectivity index (χ0v) is 7.54. The Morgan fingerprint density at radius 3 is 2.77 bits per heavy atom. The Labute approximate surface area is 77.5 Å². The van der Waals surface area contributed by atoms with E-state index >= 15 is 0 Å². The van der Waals surface area contributed by atoms with E-state index < -0.39 is 6.16 Å². The van der Waals surface area contributed by atoms with Gasteiger partial charge in [0.1, 0.15) is 6.61 Å². The van der Waals surface area contributed by atoms with Crippen molar-refractivity contribution in [2.45, 2.75) is 0 Å². The topological polar surface area (TPSA) is 44.8 Å². The molecule has 0 aliphatic rings. The summed E-state index contributed by atoms with van der Waals surface area (Å²) in [6, 6.07) is 0. The van der Waals surface area contributed by atoms with Gasteiger partial charge in [0, 0.05) is 0 Å². The second-order valence-electron chi connectivity index (χ2n) is 1.90. The van der Waals surface area contributed by atoms with E-state index in [9.17, 15) is 4.79 Å². The second-order valence-corrected chi connectivity index (χ2v) is 1.90. The lowest BCUT2D eigenvalue weighted by atomic mass is 10.6. The first-order chi connectivity index (χ1) is 6.31. The van der Waals surface area contributed by atoms with Gasteiger partial charge in [-0.15, -0.1) is 6.58 Å². The van der Waals surface area contributed by atoms with Gasteiger partial charge in [0.2, 0.25) is 0 Å². The Balaban J connectivity index is 3.29. The molecule has 0 unspecified atom stereocenters. The highest BCUT2D eigenvalue weighted by molar-refractivity contribution is 5.59. The predicted octanol–water partition coefficient (Wildman–Crippen LogP) is 0.975. The molecule has 4 nitrogen and oxygen atoms in total. The van der Waals surface area contributed by atoms with Gasteiger partial charge in [-0.25, -0.2) is 4.79 Å². The lowest BCUT2D eigenvalue weighted by Gasteiger charge is -1.95. The predicted molar refractivity (Wildman–Crippen MR) is 47.1 cm³/mol. The van der Waals surface area contributed by atoms with Crippen molar-refractivity contribution in [3.8, 4) is 11.8 Å². The molecule has 72 valence electrons. The van der Waals surface area contributed by atoms with Gasteiger partial charge in [-0.1, -0.05) is 17.9 Å². The van der Waals surface area contributed by atoms with Crippen LogP contribution in [0.1, 0.15) is 0 Å². The van der Waals surface area contributed by atoms with Gasteiger partial charge in [-0.2, -0.15) is 0 Å². The van der Waals surface area contributed by atoms with E-state index in [1.165, 1.54) is 7.11 Å². The van der Waals surface area contributed by atoms with Crippen molar-refractivity contribution in [1.29, 1.82) is 0 Å². The Hall–Kier alpha value is -1.47. The Morgan fingerprint density at radius 2 is 2.15 bits per heavy atom. The molecule has 0 fully saturated rings. The number of carbonyl (C=O) groups is 1. The smallest absolute Gasteiger partial charge is 0.438 e. The SMILES string of the molecule is C=CCOCC#CCOC(=O)OC. The number of rotatable bonds is 4. The molecule has 0 saturated carbocycles. The van der Waals surface area contributed by atoms with Gasteiger partial charge < -0.3 is 14.2 Å². The van der Waals surface area contributed by atoms with Crippen LogP contribution in [0.4, 0.5) is 4.79 Å². The van der Waals surface area contributed by atoms with Crippen molar-refractivity contribution in [2.24, 2.45) is 0 Å². The van der Waals surface area contributed by atoms with Crippen molar-refractivity contribution in [3.63, 3.8) is 0 Å². The summed E-state index contributed by atoms with van der Waals surface area (Å²) in [5.41, 5.74) is 0. The van der Waals surface area contributed by atoms with Crippen molar-refractivity contribution in [1.82, 2.24) is 0 Å². The van der Waals surface area contributed by atoms with Crippen LogP contribution in [-0.2, 0) is 14.2 Å². The molecule has 0 heterocycles. The molecule has 0 bridgehead atoms. The quantitative estimate of drug-likeness (QED) is 0.283. The third-order valence-electron chi connectivity index (χ3n) is 0.964. The molecule has 0 amide bonds. The van der Waals surface area contributed by atoms with Crippen LogP contribution < -0.4 is 0 Å². The first-order valence-corrected chi connectivity index (χ1v) is 3.66. The summed E-state index contributed by atoms with van der Waals surface area (Å²) in [7, 11) is 1.24. The van der Waals surface area contributed by atoms with Gasteiger partial charge in [-0.3, -0.25) is 0 Å². The standard InChI is InChI=1S/C9H12O4/c1-3-6-12-7-4-5-8-13-9(10)11-2/h3H,1,6-8H2,2H3. The fourth-order valence-corrected chi connectivity index (χ4v) is 0.449.